The first kappa shape index (κ1) is 56.5. The lowest BCUT2D eigenvalue weighted by Crippen LogP contribution is -2.53. The van der Waals surface area contributed by atoms with E-state index in [0.717, 1.165) is 5.56 Å². The summed E-state index contributed by atoms with van der Waals surface area (Å²) in [5.74, 6) is -4.35. The maximum Gasteiger partial charge on any atom is 0.329 e. The van der Waals surface area contributed by atoms with Gasteiger partial charge in [0.15, 0.2) is 18.3 Å². The molecule has 16 nitrogen and oxygen atoms in total. The summed E-state index contributed by atoms with van der Waals surface area (Å²) in [7, 11) is 7.30. The van der Waals surface area contributed by atoms with Crippen LogP contribution in [0.25, 0.3) is 0 Å². The summed E-state index contributed by atoms with van der Waals surface area (Å²) in [6, 6.07) is 14.2. The second-order valence-corrected chi connectivity index (χ2v) is 18.3. The van der Waals surface area contributed by atoms with Crippen molar-refractivity contribution in [3.63, 3.8) is 0 Å². The highest BCUT2D eigenvalue weighted by Gasteiger charge is 2.39. The molecule has 0 fully saturated rings. The molecule has 0 spiro atoms. The van der Waals surface area contributed by atoms with Gasteiger partial charge >= 0.3 is 17.9 Å². The number of benzene rings is 2. The number of ether oxygens (including phenoxy) is 4. The fourth-order valence-corrected chi connectivity index (χ4v) is 7.33. The number of rotatable bonds is 26. The van der Waals surface area contributed by atoms with Gasteiger partial charge in [-0.2, -0.15) is 0 Å². The molecular weight excluding hydrogens is 847 g/mol. The van der Waals surface area contributed by atoms with Gasteiger partial charge in [0.25, 0.3) is 17.7 Å². The Morgan fingerprint density at radius 3 is 1.35 bits per heavy atom. The molecule has 0 saturated heterocycles. The highest BCUT2D eigenvalue weighted by atomic mass is 16.6. The van der Waals surface area contributed by atoms with Crippen LogP contribution in [-0.2, 0) is 65.4 Å². The molecule has 366 valence electrons. The van der Waals surface area contributed by atoms with Gasteiger partial charge in [0.2, 0.25) is 0 Å². The molecule has 4 unspecified atom stereocenters. The molecule has 2 rings (SSSR count). The Kier molecular flexibility index (Phi) is 23.2. The predicted octanol–water partition coefficient (Wildman–Crippen LogP) is 5.38. The number of aldehydes is 1. The number of amides is 3. The number of methoxy groups -OCH3 is 1. The zero-order valence-corrected chi connectivity index (χ0v) is 41.5. The average molecular weight is 922 g/mol. The molecular formula is C50H75N5O11. The van der Waals surface area contributed by atoms with Gasteiger partial charge < -0.3 is 43.3 Å². The SMILES string of the molecule is COC(Cc1ccccc1)C(=O)N(C)[C@@H](CC(C)C)C(=O)OC(C)C(=N)N(C)[C@@H](C)C(=O)OC(Cc1ccccc1)C(=O)N(C)[C@@H](CC(C)C)C(=O)OC(C)C(=O)N(C)[C@H](C=O)CC(C)C. The Morgan fingerprint density at radius 1 is 0.530 bits per heavy atom. The maximum atomic E-state index is 14.4. The van der Waals surface area contributed by atoms with Crippen molar-refractivity contribution < 1.29 is 52.5 Å². The van der Waals surface area contributed by atoms with Crippen LogP contribution in [0, 0.1) is 23.2 Å². The summed E-state index contributed by atoms with van der Waals surface area (Å²) < 4.78 is 22.9. The van der Waals surface area contributed by atoms with Crippen LogP contribution in [0.15, 0.2) is 60.7 Å². The van der Waals surface area contributed by atoms with E-state index in [1.165, 1.54) is 75.7 Å². The van der Waals surface area contributed by atoms with E-state index >= 15 is 0 Å². The minimum absolute atomic E-state index is 0.00595. The molecule has 3 amide bonds. The van der Waals surface area contributed by atoms with Gasteiger partial charge in [-0.3, -0.25) is 19.8 Å². The lowest BCUT2D eigenvalue weighted by Gasteiger charge is -2.34. The van der Waals surface area contributed by atoms with Gasteiger partial charge in [-0.1, -0.05) is 102 Å². The summed E-state index contributed by atoms with van der Waals surface area (Å²) in [5, 5.41) is 8.94. The number of carbonyl (C=O) groups excluding carboxylic acids is 7. The molecule has 16 heteroatoms. The number of hydrogen-bond donors (Lipinski definition) is 1. The number of esters is 3. The van der Waals surface area contributed by atoms with E-state index in [2.05, 4.69) is 0 Å². The Bertz CT molecular complexity index is 1910. The van der Waals surface area contributed by atoms with E-state index in [-0.39, 0.29) is 42.9 Å². The van der Waals surface area contributed by atoms with Gasteiger partial charge in [0.1, 0.15) is 36.4 Å². The maximum absolute atomic E-state index is 14.4. The first-order valence-corrected chi connectivity index (χ1v) is 22.7. The molecule has 0 aliphatic rings. The summed E-state index contributed by atoms with van der Waals surface area (Å²) in [4.78, 5) is 99.7. The predicted molar refractivity (Wildman–Crippen MR) is 251 cm³/mol. The molecule has 2 aromatic carbocycles. The first-order valence-electron chi connectivity index (χ1n) is 22.7. The van der Waals surface area contributed by atoms with Gasteiger partial charge in [0, 0.05) is 48.1 Å². The Labute approximate surface area is 392 Å². The smallest absolute Gasteiger partial charge is 0.329 e. The zero-order chi connectivity index (χ0) is 50.0. The standard InChI is InChI=1S/C50H75N5O11/c1-31(2)25-39(30-56)53(11)45(57)36(9)65-50(62)41(27-33(5)6)55(13)47(59)43(29-38-23-19-16-20-24-38)66-48(60)34(7)52(10)44(51)35(8)64-49(61)40(26-32(3)4)54(12)46(58)42(63-14)28-37-21-17-15-18-22-37/h15-24,30-36,39-43,51H,25-29H2,1-14H3/t34-,35?,36?,39-,40-,41-,42?,43?/m0/s1. The Balaban J connectivity index is 2.29. The quantitative estimate of drug-likeness (QED) is 0.0417. The summed E-state index contributed by atoms with van der Waals surface area (Å²) >= 11 is 0. The largest absolute Gasteiger partial charge is 0.453 e. The van der Waals surface area contributed by atoms with Gasteiger partial charge in [0.05, 0.1) is 6.04 Å². The van der Waals surface area contributed by atoms with Crippen LogP contribution in [0.4, 0.5) is 0 Å². The topological polar surface area (TPSA) is 193 Å². The van der Waals surface area contributed by atoms with Gasteiger partial charge in [-0.05, 0) is 68.9 Å². The van der Waals surface area contributed by atoms with Crippen LogP contribution in [-0.4, -0.2) is 151 Å². The van der Waals surface area contributed by atoms with Crippen LogP contribution in [0.1, 0.15) is 92.7 Å². The van der Waals surface area contributed by atoms with Crippen molar-refractivity contribution >= 4 is 47.8 Å². The van der Waals surface area contributed by atoms with Crippen molar-refractivity contribution in [1.29, 1.82) is 5.41 Å². The van der Waals surface area contributed by atoms with Crippen LogP contribution in [0.3, 0.4) is 0 Å². The number of nitrogens with one attached hydrogen (secondary N) is 1. The van der Waals surface area contributed by atoms with E-state index in [9.17, 15) is 33.6 Å². The number of nitrogens with zero attached hydrogens (tertiary/aromatic N) is 4. The van der Waals surface area contributed by atoms with Crippen LogP contribution < -0.4 is 0 Å². The van der Waals surface area contributed by atoms with Crippen molar-refractivity contribution in [2.75, 3.05) is 35.3 Å². The number of likely N-dealkylation sites (N-methyl/N-ethyl adjacent to an activating group) is 4. The normalized spacial score (nSPS) is 15.0. The lowest BCUT2D eigenvalue weighted by molar-refractivity contribution is -0.170. The third-order valence-corrected chi connectivity index (χ3v) is 11.5. The Morgan fingerprint density at radius 2 is 0.939 bits per heavy atom. The third-order valence-electron chi connectivity index (χ3n) is 11.5. The molecule has 0 aromatic heterocycles. The lowest BCUT2D eigenvalue weighted by atomic mass is 10.0. The highest BCUT2D eigenvalue weighted by Crippen LogP contribution is 2.21. The second-order valence-electron chi connectivity index (χ2n) is 18.3. The van der Waals surface area contributed by atoms with Crippen LogP contribution in [0.5, 0.6) is 0 Å². The fraction of sp³-hybridized carbons (Fsp3) is 0.600. The average Bonchev–Trinajstić information content (AvgIpc) is 3.28. The molecule has 0 heterocycles. The molecule has 0 radical (unpaired) electrons. The molecule has 0 aliphatic heterocycles. The van der Waals surface area contributed by atoms with Crippen molar-refractivity contribution in [1.82, 2.24) is 19.6 Å². The van der Waals surface area contributed by atoms with Crippen LogP contribution >= 0.6 is 0 Å². The van der Waals surface area contributed by atoms with Crippen LogP contribution in [0.2, 0.25) is 0 Å². The molecule has 1 N–H and O–H groups in total. The first-order chi connectivity index (χ1) is 30.9. The van der Waals surface area contributed by atoms with Gasteiger partial charge in [-0.15, -0.1) is 0 Å². The molecule has 8 atom stereocenters. The van der Waals surface area contributed by atoms with E-state index in [0.29, 0.717) is 24.7 Å². The summed E-state index contributed by atoms with van der Waals surface area (Å²) in [5.41, 5.74) is 1.56. The van der Waals surface area contributed by atoms with Crippen molar-refractivity contribution in [3.05, 3.63) is 71.8 Å². The molecule has 2 aromatic rings. The highest BCUT2D eigenvalue weighted by molar-refractivity contribution is 5.93. The number of amidine groups is 1. The van der Waals surface area contributed by atoms with Gasteiger partial charge in [-0.25, -0.2) is 14.4 Å². The molecule has 66 heavy (non-hydrogen) atoms. The molecule has 0 bridgehead atoms. The fourth-order valence-electron chi connectivity index (χ4n) is 7.33. The Hall–Kier alpha value is -5.64. The van der Waals surface area contributed by atoms with E-state index < -0.39 is 84.2 Å². The summed E-state index contributed by atoms with van der Waals surface area (Å²) in [6.07, 6.45) is -2.92. The van der Waals surface area contributed by atoms with Crippen molar-refractivity contribution in [2.24, 2.45) is 17.8 Å². The van der Waals surface area contributed by atoms with E-state index in [4.69, 9.17) is 24.4 Å². The van der Waals surface area contributed by atoms with Crippen molar-refractivity contribution in [3.8, 4) is 0 Å². The zero-order valence-electron chi connectivity index (χ0n) is 41.5. The third kappa shape index (κ3) is 17.0. The van der Waals surface area contributed by atoms with Crippen molar-refractivity contribution in [2.45, 2.75) is 143 Å². The second kappa shape index (κ2) is 27.1. The minimum atomic E-state index is -1.43. The number of hydrogen-bond acceptors (Lipinski definition) is 12. The monoisotopic (exact) mass is 922 g/mol. The molecule has 0 aliphatic carbocycles. The van der Waals surface area contributed by atoms with E-state index in [1.807, 2.05) is 71.9 Å². The van der Waals surface area contributed by atoms with E-state index in [1.54, 1.807) is 30.3 Å². The molecule has 0 saturated carbocycles. The number of carbonyl (C=O) groups is 7. The summed E-state index contributed by atoms with van der Waals surface area (Å²) in [6.45, 7) is 15.8. The minimum Gasteiger partial charge on any atom is -0.453 e.